The smallest absolute Gasteiger partial charge is 0.0112 e. The second-order valence-corrected chi connectivity index (χ2v) is 5.46. The largest absolute Gasteiger partial charge is 0.330 e. The van der Waals surface area contributed by atoms with Gasteiger partial charge in [0, 0.05) is 6.04 Å². The molecule has 0 aromatic carbocycles. The summed E-state index contributed by atoms with van der Waals surface area (Å²) < 4.78 is 0. The molecule has 0 radical (unpaired) electrons. The van der Waals surface area contributed by atoms with Gasteiger partial charge < -0.3 is 11.1 Å². The molecule has 0 unspecified atom stereocenters. The van der Waals surface area contributed by atoms with Crippen LogP contribution in [0.5, 0.6) is 0 Å². The van der Waals surface area contributed by atoms with Crippen molar-refractivity contribution >= 4 is 0 Å². The second kappa shape index (κ2) is 4.43. The lowest BCUT2D eigenvalue weighted by molar-refractivity contribution is 0.211. The van der Waals surface area contributed by atoms with Gasteiger partial charge in [0.15, 0.2) is 0 Å². The molecule has 0 spiro atoms. The third-order valence-corrected chi connectivity index (χ3v) is 2.86. The topological polar surface area (TPSA) is 38.0 Å². The van der Waals surface area contributed by atoms with Gasteiger partial charge in [-0.25, -0.2) is 0 Å². The monoisotopic (exact) mass is 184 g/mol. The highest BCUT2D eigenvalue weighted by Gasteiger charge is 2.27. The van der Waals surface area contributed by atoms with Gasteiger partial charge >= 0.3 is 0 Å². The third kappa shape index (κ3) is 3.65. The van der Waals surface area contributed by atoms with Gasteiger partial charge in [0.25, 0.3) is 0 Å². The zero-order valence-corrected chi connectivity index (χ0v) is 9.27. The summed E-state index contributed by atoms with van der Waals surface area (Å²) in [6, 6.07) is 0.652. The first kappa shape index (κ1) is 11.0. The molecule has 1 fully saturated rings. The minimum atomic E-state index is 0.419. The molecule has 2 nitrogen and oxygen atoms in total. The average molecular weight is 184 g/mol. The highest BCUT2D eigenvalue weighted by Crippen LogP contribution is 2.27. The summed E-state index contributed by atoms with van der Waals surface area (Å²) in [6.45, 7) is 8.93. The quantitative estimate of drug-likeness (QED) is 0.686. The molecule has 1 aliphatic rings. The van der Waals surface area contributed by atoms with Crippen LogP contribution in [-0.2, 0) is 0 Å². The first-order chi connectivity index (χ1) is 6.03. The van der Waals surface area contributed by atoms with Crippen molar-refractivity contribution in [3.05, 3.63) is 0 Å². The molecule has 3 N–H and O–H groups in total. The lowest BCUT2D eigenvalue weighted by Crippen LogP contribution is -2.46. The highest BCUT2D eigenvalue weighted by molar-refractivity contribution is 4.85. The van der Waals surface area contributed by atoms with E-state index in [9.17, 15) is 0 Å². The highest BCUT2D eigenvalue weighted by atomic mass is 14.9. The first-order valence-electron chi connectivity index (χ1n) is 5.46. The predicted octanol–water partition coefficient (Wildman–Crippen LogP) is 1.75. The summed E-state index contributed by atoms with van der Waals surface area (Å²) >= 11 is 0. The van der Waals surface area contributed by atoms with Crippen LogP contribution in [0.2, 0.25) is 0 Å². The Labute approximate surface area is 82.3 Å². The Bertz CT molecular complexity index is 149. The molecule has 0 amide bonds. The standard InChI is InChI=1S/C11H24N2/c1-11(2,3)7-10-9(8-12)5-4-6-13-10/h9-10,13H,4-8,12H2,1-3H3/t9-,10-/m1/s1. The molecule has 1 rings (SSSR count). The van der Waals surface area contributed by atoms with Gasteiger partial charge in [0.05, 0.1) is 0 Å². The summed E-state index contributed by atoms with van der Waals surface area (Å²) in [7, 11) is 0. The Morgan fingerprint density at radius 3 is 2.62 bits per heavy atom. The summed E-state index contributed by atoms with van der Waals surface area (Å²) in [5, 5.41) is 3.60. The summed E-state index contributed by atoms with van der Waals surface area (Å²) in [5.41, 5.74) is 6.19. The van der Waals surface area contributed by atoms with Gasteiger partial charge in [-0.3, -0.25) is 0 Å². The third-order valence-electron chi connectivity index (χ3n) is 2.86. The molecule has 2 atom stereocenters. The fourth-order valence-corrected chi connectivity index (χ4v) is 2.20. The van der Waals surface area contributed by atoms with Gasteiger partial charge in [-0.05, 0) is 43.7 Å². The van der Waals surface area contributed by atoms with Gasteiger partial charge in [-0.1, -0.05) is 20.8 Å². The Kier molecular flexibility index (Phi) is 3.74. The minimum absolute atomic E-state index is 0.419. The van der Waals surface area contributed by atoms with E-state index in [4.69, 9.17) is 5.73 Å². The van der Waals surface area contributed by atoms with Gasteiger partial charge in [-0.15, -0.1) is 0 Å². The zero-order valence-electron chi connectivity index (χ0n) is 9.27. The Morgan fingerprint density at radius 2 is 2.08 bits per heavy atom. The molecule has 78 valence electrons. The Morgan fingerprint density at radius 1 is 1.38 bits per heavy atom. The van der Waals surface area contributed by atoms with E-state index in [0.29, 0.717) is 17.4 Å². The van der Waals surface area contributed by atoms with E-state index in [2.05, 4.69) is 26.1 Å². The fourth-order valence-electron chi connectivity index (χ4n) is 2.20. The van der Waals surface area contributed by atoms with E-state index in [0.717, 1.165) is 6.54 Å². The molecule has 1 saturated heterocycles. The first-order valence-corrected chi connectivity index (χ1v) is 5.46. The predicted molar refractivity (Wildman–Crippen MR) is 57.6 cm³/mol. The number of hydrogen-bond donors (Lipinski definition) is 2. The molecule has 1 aliphatic heterocycles. The molecule has 2 heteroatoms. The van der Waals surface area contributed by atoms with Crippen molar-refractivity contribution in [2.45, 2.75) is 46.1 Å². The Balaban J connectivity index is 2.45. The number of hydrogen-bond acceptors (Lipinski definition) is 2. The van der Waals surface area contributed by atoms with E-state index in [1.54, 1.807) is 0 Å². The van der Waals surface area contributed by atoms with Crippen molar-refractivity contribution in [3.63, 3.8) is 0 Å². The van der Waals surface area contributed by atoms with Gasteiger partial charge in [-0.2, -0.15) is 0 Å². The van der Waals surface area contributed by atoms with Crippen molar-refractivity contribution in [2.24, 2.45) is 17.1 Å². The molecule has 0 bridgehead atoms. The van der Waals surface area contributed by atoms with Crippen molar-refractivity contribution in [3.8, 4) is 0 Å². The maximum absolute atomic E-state index is 5.77. The molecule has 1 heterocycles. The van der Waals surface area contributed by atoms with Crippen LogP contribution in [0, 0.1) is 11.3 Å². The van der Waals surface area contributed by atoms with Crippen LogP contribution < -0.4 is 11.1 Å². The number of piperidine rings is 1. The molecule has 0 aliphatic carbocycles. The van der Waals surface area contributed by atoms with Crippen molar-refractivity contribution in [1.82, 2.24) is 5.32 Å². The summed E-state index contributed by atoms with van der Waals surface area (Å²) in [5.74, 6) is 0.702. The van der Waals surface area contributed by atoms with Crippen LogP contribution in [0.3, 0.4) is 0 Å². The van der Waals surface area contributed by atoms with Crippen molar-refractivity contribution in [2.75, 3.05) is 13.1 Å². The maximum Gasteiger partial charge on any atom is 0.0112 e. The maximum atomic E-state index is 5.77. The van der Waals surface area contributed by atoms with Crippen molar-refractivity contribution < 1.29 is 0 Å². The number of rotatable bonds is 2. The van der Waals surface area contributed by atoms with Gasteiger partial charge in [0.1, 0.15) is 0 Å². The minimum Gasteiger partial charge on any atom is -0.330 e. The average Bonchev–Trinajstić information content (AvgIpc) is 2.02. The fraction of sp³-hybridized carbons (Fsp3) is 1.00. The zero-order chi connectivity index (χ0) is 9.90. The number of nitrogens with two attached hydrogens (primary N) is 1. The van der Waals surface area contributed by atoms with Crippen LogP contribution >= 0.6 is 0 Å². The van der Waals surface area contributed by atoms with E-state index in [1.165, 1.54) is 25.8 Å². The Hall–Kier alpha value is -0.0800. The van der Waals surface area contributed by atoms with Gasteiger partial charge in [0.2, 0.25) is 0 Å². The SMILES string of the molecule is CC(C)(C)C[C@H]1NCCC[C@@H]1CN. The molecule has 0 aromatic heterocycles. The molecule has 0 aromatic rings. The molecule has 13 heavy (non-hydrogen) atoms. The van der Waals surface area contributed by atoms with Crippen LogP contribution in [0.1, 0.15) is 40.0 Å². The van der Waals surface area contributed by atoms with Crippen LogP contribution in [-0.4, -0.2) is 19.1 Å². The second-order valence-electron chi connectivity index (χ2n) is 5.46. The summed E-state index contributed by atoms with van der Waals surface area (Å²) in [4.78, 5) is 0. The molecule has 0 saturated carbocycles. The number of nitrogens with one attached hydrogen (secondary N) is 1. The van der Waals surface area contributed by atoms with E-state index in [1.807, 2.05) is 0 Å². The van der Waals surface area contributed by atoms with Crippen LogP contribution in [0.15, 0.2) is 0 Å². The van der Waals surface area contributed by atoms with E-state index >= 15 is 0 Å². The van der Waals surface area contributed by atoms with E-state index in [-0.39, 0.29) is 0 Å². The van der Waals surface area contributed by atoms with Crippen molar-refractivity contribution in [1.29, 1.82) is 0 Å². The van der Waals surface area contributed by atoms with Crippen LogP contribution in [0.25, 0.3) is 0 Å². The lowest BCUT2D eigenvalue weighted by Gasteiger charge is -2.36. The van der Waals surface area contributed by atoms with E-state index < -0.39 is 0 Å². The molecular formula is C11H24N2. The lowest BCUT2D eigenvalue weighted by atomic mass is 9.80. The summed E-state index contributed by atoms with van der Waals surface area (Å²) in [6.07, 6.45) is 3.85. The molecular weight excluding hydrogens is 160 g/mol. The normalized spacial score (nSPS) is 30.5. The van der Waals surface area contributed by atoms with Crippen LogP contribution in [0.4, 0.5) is 0 Å².